The number of nitro groups is 1. The van der Waals surface area contributed by atoms with Crippen LogP contribution in [0.5, 0.6) is 0 Å². The molecule has 0 spiro atoms. The molecule has 0 fully saturated rings. The van der Waals surface area contributed by atoms with Gasteiger partial charge in [-0.25, -0.2) is 4.98 Å². The summed E-state index contributed by atoms with van der Waals surface area (Å²) < 4.78 is 5.08. The SMILES string of the molecule is CC(C)=NNc1ncc(-c2ccc([N+](=O)[O-])o2)s1. The van der Waals surface area contributed by atoms with Gasteiger partial charge in [0.25, 0.3) is 0 Å². The maximum absolute atomic E-state index is 10.5. The Kier molecular flexibility index (Phi) is 3.38. The summed E-state index contributed by atoms with van der Waals surface area (Å²) in [5, 5.41) is 15.1. The molecule has 0 radical (unpaired) electrons. The fourth-order valence-corrected chi connectivity index (χ4v) is 1.88. The lowest BCUT2D eigenvalue weighted by Crippen LogP contribution is -1.91. The standard InChI is InChI=1S/C10H10N4O3S/c1-6(2)12-13-10-11-5-8(18-10)7-3-4-9(17-7)14(15)16/h3-5H,1-2H3,(H,11,13). The lowest BCUT2D eigenvalue weighted by atomic mass is 10.4. The number of nitrogens with zero attached hydrogens (tertiary/aromatic N) is 3. The summed E-state index contributed by atoms with van der Waals surface area (Å²) in [6.45, 7) is 3.72. The third-order valence-electron chi connectivity index (χ3n) is 1.90. The Bertz CT molecular complexity index is 598. The van der Waals surface area contributed by atoms with Gasteiger partial charge in [-0.3, -0.25) is 15.5 Å². The second kappa shape index (κ2) is 4.96. The van der Waals surface area contributed by atoms with E-state index in [9.17, 15) is 10.1 Å². The molecule has 8 heteroatoms. The van der Waals surface area contributed by atoms with Gasteiger partial charge in [-0.05, 0) is 19.9 Å². The van der Waals surface area contributed by atoms with Crippen molar-refractivity contribution in [3.05, 3.63) is 28.4 Å². The minimum Gasteiger partial charge on any atom is -0.400 e. The fraction of sp³-hybridized carbons (Fsp3) is 0.200. The number of nitrogens with one attached hydrogen (secondary N) is 1. The predicted molar refractivity (Wildman–Crippen MR) is 68.9 cm³/mol. The third kappa shape index (κ3) is 2.72. The summed E-state index contributed by atoms with van der Waals surface area (Å²) in [6, 6.07) is 2.86. The highest BCUT2D eigenvalue weighted by atomic mass is 32.1. The Hall–Kier alpha value is -2.22. The van der Waals surface area contributed by atoms with Crippen molar-refractivity contribution >= 4 is 28.1 Å². The highest BCUT2D eigenvalue weighted by Gasteiger charge is 2.14. The molecule has 2 heterocycles. The number of thiazole rings is 1. The Morgan fingerprint density at radius 1 is 1.56 bits per heavy atom. The number of rotatable bonds is 4. The first-order chi connectivity index (χ1) is 8.56. The zero-order valence-electron chi connectivity index (χ0n) is 9.71. The fourth-order valence-electron chi connectivity index (χ4n) is 1.16. The van der Waals surface area contributed by atoms with Gasteiger partial charge in [-0.15, -0.1) is 0 Å². The van der Waals surface area contributed by atoms with Crippen molar-refractivity contribution in [2.75, 3.05) is 5.43 Å². The molecule has 1 N–H and O–H groups in total. The quantitative estimate of drug-likeness (QED) is 0.521. The van der Waals surface area contributed by atoms with Crippen LogP contribution in [0.15, 0.2) is 27.8 Å². The highest BCUT2D eigenvalue weighted by Crippen LogP contribution is 2.32. The molecule has 2 aromatic rings. The van der Waals surface area contributed by atoms with Crippen LogP contribution in [0.2, 0.25) is 0 Å². The first kappa shape index (κ1) is 12.2. The van der Waals surface area contributed by atoms with E-state index in [2.05, 4.69) is 15.5 Å². The van der Waals surface area contributed by atoms with E-state index in [-0.39, 0.29) is 5.88 Å². The van der Waals surface area contributed by atoms with Crippen LogP contribution in [0.3, 0.4) is 0 Å². The molecule has 0 amide bonds. The van der Waals surface area contributed by atoms with Crippen molar-refractivity contribution < 1.29 is 9.34 Å². The second-order valence-electron chi connectivity index (χ2n) is 3.60. The molecule has 0 aromatic carbocycles. The lowest BCUT2D eigenvalue weighted by molar-refractivity contribution is -0.401. The van der Waals surface area contributed by atoms with E-state index >= 15 is 0 Å². The van der Waals surface area contributed by atoms with Crippen LogP contribution in [0, 0.1) is 10.1 Å². The Morgan fingerprint density at radius 2 is 2.33 bits per heavy atom. The average Bonchev–Trinajstić information content (AvgIpc) is 2.95. The van der Waals surface area contributed by atoms with Gasteiger partial charge >= 0.3 is 5.88 Å². The molecule has 94 valence electrons. The zero-order valence-corrected chi connectivity index (χ0v) is 10.5. The molecule has 0 aliphatic heterocycles. The Morgan fingerprint density at radius 3 is 2.94 bits per heavy atom. The molecular formula is C10H10N4O3S. The van der Waals surface area contributed by atoms with Crippen LogP contribution in [-0.2, 0) is 0 Å². The number of anilines is 1. The number of furan rings is 1. The van der Waals surface area contributed by atoms with Crippen molar-refractivity contribution in [3.8, 4) is 10.6 Å². The number of hydrogen-bond donors (Lipinski definition) is 1. The van der Waals surface area contributed by atoms with Gasteiger partial charge in [-0.2, -0.15) is 5.10 Å². The molecular weight excluding hydrogens is 256 g/mol. The zero-order chi connectivity index (χ0) is 13.1. The normalized spacial score (nSPS) is 10.1. The van der Waals surface area contributed by atoms with Crippen LogP contribution < -0.4 is 5.43 Å². The summed E-state index contributed by atoms with van der Waals surface area (Å²) in [6.07, 6.45) is 1.58. The summed E-state index contributed by atoms with van der Waals surface area (Å²) >= 11 is 1.31. The molecule has 2 aromatic heterocycles. The minimum atomic E-state index is -0.575. The number of hydrogen-bond acceptors (Lipinski definition) is 7. The monoisotopic (exact) mass is 266 g/mol. The maximum Gasteiger partial charge on any atom is 0.433 e. The highest BCUT2D eigenvalue weighted by molar-refractivity contribution is 7.18. The van der Waals surface area contributed by atoms with E-state index in [1.54, 1.807) is 12.3 Å². The molecule has 0 atom stereocenters. The van der Waals surface area contributed by atoms with E-state index in [4.69, 9.17) is 4.42 Å². The van der Waals surface area contributed by atoms with Gasteiger partial charge in [-0.1, -0.05) is 11.3 Å². The van der Waals surface area contributed by atoms with Gasteiger partial charge in [0.15, 0.2) is 5.76 Å². The average molecular weight is 266 g/mol. The van der Waals surface area contributed by atoms with E-state index < -0.39 is 4.92 Å². The van der Waals surface area contributed by atoms with Gasteiger partial charge in [0.05, 0.1) is 17.1 Å². The maximum atomic E-state index is 10.5. The number of hydrazone groups is 1. The first-order valence-corrected chi connectivity index (χ1v) is 5.85. The number of aromatic nitrogens is 1. The Balaban J connectivity index is 2.18. The molecule has 18 heavy (non-hydrogen) atoms. The van der Waals surface area contributed by atoms with E-state index in [0.29, 0.717) is 15.8 Å². The van der Waals surface area contributed by atoms with Gasteiger partial charge in [0.2, 0.25) is 5.13 Å². The van der Waals surface area contributed by atoms with Gasteiger partial charge in [0, 0.05) is 5.71 Å². The first-order valence-electron chi connectivity index (χ1n) is 5.03. The van der Waals surface area contributed by atoms with Gasteiger partial charge in [0.1, 0.15) is 4.92 Å². The van der Waals surface area contributed by atoms with Crippen molar-refractivity contribution in [2.45, 2.75) is 13.8 Å². The third-order valence-corrected chi connectivity index (χ3v) is 2.81. The van der Waals surface area contributed by atoms with Crippen LogP contribution in [-0.4, -0.2) is 15.6 Å². The van der Waals surface area contributed by atoms with E-state index in [0.717, 1.165) is 5.71 Å². The summed E-state index contributed by atoms with van der Waals surface area (Å²) in [5.41, 5.74) is 3.66. The van der Waals surface area contributed by atoms with E-state index in [1.807, 2.05) is 13.8 Å². The van der Waals surface area contributed by atoms with Crippen molar-refractivity contribution in [3.63, 3.8) is 0 Å². The van der Waals surface area contributed by atoms with Crippen LogP contribution >= 0.6 is 11.3 Å². The molecule has 0 unspecified atom stereocenters. The summed E-state index contributed by atoms with van der Waals surface area (Å²) in [7, 11) is 0. The van der Waals surface area contributed by atoms with Crippen LogP contribution in [0.4, 0.5) is 11.0 Å². The molecule has 0 saturated carbocycles. The smallest absolute Gasteiger partial charge is 0.400 e. The summed E-state index contributed by atoms with van der Waals surface area (Å²) in [4.78, 5) is 14.7. The van der Waals surface area contributed by atoms with Crippen molar-refractivity contribution in [2.24, 2.45) is 5.10 Å². The molecule has 0 aliphatic rings. The van der Waals surface area contributed by atoms with Gasteiger partial charge < -0.3 is 4.42 Å². The minimum absolute atomic E-state index is 0.282. The lowest BCUT2D eigenvalue weighted by Gasteiger charge is -1.93. The van der Waals surface area contributed by atoms with Crippen molar-refractivity contribution in [1.82, 2.24) is 4.98 Å². The molecule has 0 bridgehead atoms. The Labute approximate surface area is 106 Å². The predicted octanol–water partition coefficient (Wildman–Crippen LogP) is 3.12. The molecule has 0 saturated heterocycles. The molecule has 0 aliphatic carbocycles. The van der Waals surface area contributed by atoms with Crippen molar-refractivity contribution in [1.29, 1.82) is 0 Å². The molecule has 7 nitrogen and oxygen atoms in total. The second-order valence-corrected chi connectivity index (χ2v) is 4.63. The molecule has 2 rings (SSSR count). The summed E-state index contributed by atoms with van der Waals surface area (Å²) in [5.74, 6) is 0.139. The van der Waals surface area contributed by atoms with E-state index in [1.165, 1.54) is 17.4 Å². The topological polar surface area (TPSA) is 93.6 Å². The van der Waals surface area contributed by atoms with Crippen LogP contribution in [0.1, 0.15) is 13.8 Å². The largest absolute Gasteiger partial charge is 0.433 e. The van der Waals surface area contributed by atoms with Crippen LogP contribution in [0.25, 0.3) is 10.6 Å².